The second kappa shape index (κ2) is 5.61. The van der Waals surface area contributed by atoms with E-state index in [0.29, 0.717) is 12.8 Å². The number of ether oxygens (including phenoxy) is 1. The van der Waals surface area contributed by atoms with Crippen LogP contribution in [0.25, 0.3) is 0 Å². The Morgan fingerprint density at radius 3 is 2.62 bits per heavy atom. The summed E-state index contributed by atoms with van der Waals surface area (Å²) in [7, 11) is 0. The van der Waals surface area contributed by atoms with Gasteiger partial charge in [-0.2, -0.15) is 13.2 Å². The molecule has 118 valence electrons. The molecule has 2 aliphatic rings. The van der Waals surface area contributed by atoms with Gasteiger partial charge in [-0.15, -0.1) is 0 Å². The molecular weight excluding hydrogens is 373 g/mol. The van der Waals surface area contributed by atoms with E-state index in [1.165, 1.54) is 0 Å². The van der Waals surface area contributed by atoms with Crippen molar-refractivity contribution < 1.29 is 22.7 Å². The van der Waals surface area contributed by atoms with Gasteiger partial charge in [0.2, 0.25) is 0 Å². The first-order valence-electron chi connectivity index (χ1n) is 6.53. The fourth-order valence-electron chi connectivity index (χ4n) is 2.66. The lowest BCUT2D eigenvalue weighted by atomic mass is 10.1. The van der Waals surface area contributed by atoms with E-state index in [1.54, 1.807) is 13.8 Å². The van der Waals surface area contributed by atoms with Crippen molar-refractivity contribution >= 4 is 33.5 Å². The molecule has 0 amide bonds. The smallest absolute Gasteiger partial charge is 0.426 e. The van der Waals surface area contributed by atoms with Crippen LogP contribution in [0.3, 0.4) is 0 Å². The maximum atomic E-state index is 12.5. The first kappa shape index (κ1) is 16.9. The van der Waals surface area contributed by atoms with Crippen molar-refractivity contribution in [3.05, 3.63) is 21.7 Å². The van der Waals surface area contributed by atoms with Crippen LogP contribution in [-0.4, -0.2) is 18.2 Å². The van der Waals surface area contributed by atoms with Gasteiger partial charge in [-0.1, -0.05) is 53.5 Å². The van der Waals surface area contributed by atoms with Gasteiger partial charge in [0.1, 0.15) is 11.1 Å². The van der Waals surface area contributed by atoms with E-state index in [0.717, 1.165) is 10.6 Å². The number of hydrogen-bond donors (Lipinski definition) is 0. The topological polar surface area (TPSA) is 26.3 Å². The molecule has 1 saturated carbocycles. The molecule has 0 radical (unpaired) electrons. The zero-order valence-electron chi connectivity index (χ0n) is 11.5. The number of rotatable bonds is 3. The van der Waals surface area contributed by atoms with E-state index >= 15 is 0 Å². The molecule has 0 N–H and O–H groups in total. The van der Waals surface area contributed by atoms with Crippen LogP contribution >= 0.6 is 27.5 Å². The number of esters is 1. The largest absolute Gasteiger partial charge is 0.461 e. The van der Waals surface area contributed by atoms with Crippen LogP contribution in [0.2, 0.25) is 0 Å². The minimum absolute atomic E-state index is 0.231. The minimum atomic E-state index is -4.57. The molecule has 0 aromatic rings. The predicted octanol–water partition coefficient (Wildman–Crippen LogP) is 4.93. The Morgan fingerprint density at radius 2 is 2.14 bits per heavy atom. The summed E-state index contributed by atoms with van der Waals surface area (Å²) in [6.07, 6.45) is -0.712. The summed E-state index contributed by atoms with van der Waals surface area (Å²) in [6, 6.07) is 0. The van der Waals surface area contributed by atoms with Crippen molar-refractivity contribution in [3.63, 3.8) is 0 Å². The summed E-state index contributed by atoms with van der Waals surface area (Å²) in [5, 5.41) is -1.18. The van der Waals surface area contributed by atoms with Gasteiger partial charge in [0.05, 0.1) is 5.92 Å². The number of allylic oxidation sites excluding steroid dienone is 2. The van der Waals surface area contributed by atoms with Gasteiger partial charge < -0.3 is 4.74 Å². The minimum Gasteiger partial charge on any atom is -0.461 e. The van der Waals surface area contributed by atoms with Gasteiger partial charge in [-0.05, 0) is 15.8 Å². The summed E-state index contributed by atoms with van der Waals surface area (Å²) >= 11 is 8.58. The lowest BCUT2D eigenvalue weighted by Crippen LogP contribution is -2.18. The highest BCUT2D eigenvalue weighted by Crippen LogP contribution is 2.60. The van der Waals surface area contributed by atoms with Crippen molar-refractivity contribution in [1.29, 1.82) is 0 Å². The normalized spacial score (nSPS) is 31.9. The molecule has 1 unspecified atom stereocenters. The third kappa shape index (κ3) is 3.65. The second-order valence-electron chi connectivity index (χ2n) is 5.99. The highest BCUT2D eigenvalue weighted by molar-refractivity contribution is 9.11. The fraction of sp³-hybridized carbons (Fsp3) is 0.643. The van der Waals surface area contributed by atoms with Crippen LogP contribution in [0.4, 0.5) is 13.2 Å². The van der Waals surface area contributed by atoms with Crippen molar-refractivity contribution in [2.24, 2.45) is 17.3 Å². The summed E-state index contributed by atoms with van der Waals surface area (Å²) < 4.78 is 43.7. The third-order valence-corrected chi connectivity index (χ3v) is 5.06. The molecular formula is C14H15BrClF3O2. The van der Waals surface area contributed by atoms with Gasteiger partial charge in [0.25, 0.3) is 0 Å². The highest BCUT2D eigenvalue weighted by atomic mass is 79.9. The molecule has 0 spiro atoms. The van der Waals surface area contributed by atoms with Crippen molar-refractivity contribution in [2.75, 3.05) is 0 Å². The van der Waals surface area contributed by atoms with Gasteiger partial charge in [-0.25, -0.2) is 0 Å². The number of carbonyl (C=O) groups is 1. The van der Waals surface area contributed by atoms with Gasteiger partial charge in [-0.3, -0.25) is 4.79 Å². The molecule has 2 nitrogen and oxygen atoms in total. The lowest BCUT2D eigenvalue weighted by molar-refractivity contribution is -0.151. The van der Waals surface area contributed by atoms with Crippen molar-refractivity contribution in [3.8, 4) is 0 Å². The van der Waals surface area contributed by atoms with Crippen molar-refractivity contribution in [2.45, 2.75) is 39.0 Å². The van der Waals surface area contributed by atoms with Crippen LogP contribution in [0.5, 0.6) is 0 Å². The quantitative estimate of drug-likeness (QED) is 0.642. The SMILES string of the molecule is CC1(C)[C@H](C(=O)OC2CC=C(Br)C2)[C@@H]1C=C(Cl)C(F)(F)F. The van der Waals surface area contributed by atoms with Crippen molar-refractivity contribution in [1.82, 2.24) is 0 Å². The molecule has 3 atom stereocenters. The summed E-state index contributed by atoms with van der Waals surface area (Å²) in [4.78, 5) is 12.1. The van der Waals surface area contributed by atoms with Gasteiger partial charge in [0.15, 0.2) is 0 Å². The number of hydrogen-bond acceptors (Lipinski definition) is 2. The van der Waals surface area contributed by atoms with Crippen LogP contribution in [0, 0.1) is 17.3 Å². The van der Waals surface area contributed by atoms with Crippen LogP contribution < -0.4 is 0 Å². The number of alkyl halides is 3. The average Bonchev–Trinajstić information content (AvgIpc) is 2.65. The Labute approximate surface area is 134 Å². The summed E-state index contributed by atoms with van der Waals surface area (Å²) in [5.41, 5.74) is -0.564. The maximum absolute atomic E-state index is 12.5. The summed E-state index contributed by atoms with van der Waals surface area (Å²) in [6.45, 7) is 3.48. The molecule has 2 rings (SSSR count). The van der Waals surface area contributed by atoms with Crippen LogP contribution in [0.1, 0.15) is 26.7 Å². The Hall–Kier alpha value is -0.490. The number of carbonyl (C=O) groups excluding carboxylic acids is 1. The molecule has 0 aromatic carbocycles. The Bertz CT molecular complexity index is 511. The van der Waals surface area contributed by atoms with Crippen LogP contribution in [0.15, 0.2) is 21.7 Å². The molecule has 7 heteroatoms. The Morgan fingerprint density at radius 1 is 1.52 bits per heavy atom. The standard InChI is InChI=1S/C14H15BrClF3O2/c1-13(2)9(6-10(16)14(17,18)19)11(13)12(20)21-8-4-3-7(15)5-8/h3,6,8-9,11H,4-5H2,1-2H3/t8?,9-,11-/m0/s1. The van der Waals surface area contributed by atoms with E-state index < -0.39 is 34.4 Å². The van der Waals surface area contributed by atoms with Crippen LogP contribution in [-0.2, 0) is 9.53 Å². The lowest BCUT2D eigenvalue weighted by Gasteiger charge is -2.12. The maximum Gasteiger partial charge on any atom is 0.426 e. The molecule has 0 aliphatic heterocycles. The molecule has 21 heavy (non-hydrogen) atoms. The zero-order valence-corrected chi connectivity index (χ0v) is 13.8. The van der Waals surface area contributed by atoms with E-state index in [-0.39, 0.29) is 6.10 Å². The predicted molar refractivity (Wildman–Crippen MR) is 76.9 cm³/mol. The second-order valence-corrected chi connectivity index (χ2v) is 7.41. The monoisotopic (exact) mass is 386 g/mol. The molecule has 0 aromatic heterocycles. The Kier molecular flexibility index (Phi) is 4.51. The molecule has 0 heterocycles. The molecule has 2 aliphatic carbocycles. The number of halogens is 5. The first-order chi connectivity index (χ1) is 9.53. The fourth-order valence-corrected chi connectivity index (χ4v) is 3.35. The van der Waals surface area contributed by atoms with Gasteiger partial charge >= 0.3 is 12.1 Å². The Balaban J connectivity index is 1.99. The molecule has 0 saturated heterocycles. The summed E-state index contributed by atoms with van der Waals surface area (Å²) in [5.74, 6) is -1.57. The highest BCUT2D eigenvalue weighted by Gasteiger charge is 2.62. The van der Waals surface area contributed by atoms with E-state index in [1.807, 2.05) is 6.08 Å². The van der Waals surface area contributed by atoms with E-state index in [9.17, 15) is 18.0 Å². The third-order valence-electron chi connectivity index (χ3n) is 4.07. The molecule has 1 fully saturated rings. The first-order valence-corrected chi connectivity index (χ1v) is 7.70. The average molecular weight is 388 g/mol. The van der Waals surface area contributed by atoms with E-state index in [4.69, 9.17) is 16.3 Å². The van der Waals surface area contributed by atoms with E-state index in [2.05, 4.69) is 15.9 Å². The zero-order chi connectivity index (χ0) is 16.0. The molecule has 0 bridgehead atoms. The van der Waals surface area contributed by atoms with Gasteiger partial charge in [0, 0.05) is 12.8 Å².